The zero-order valence-corrected chi connectivity index (χ0v) is 14.5. The number of benzene rings is 2. The van der Waals surface area contributed by atoms with Crippen molar-refractivity contribution in [2.75, 3.05) is 21.3 Å². The summed E-state index contributed by atoms with van der Waals surface area (Å²) in [4.78, 5) is 23.4. The molecule has 136 valence electrons. The van der Waals surface area contributed by atoms with E-state index in [1.54, 1.807) is 18.2 Å². The summed E-state index contributed by atoms with van der Waals surface area (Å²) in [5.41, 5.74) is 3.03. The van der Waals surface area contributed by atoms with Crippen LogP contribution in [0.5, 0.6) is 17.2 Å². The number of rotatable bonds is 7. The SMILES string of the molecule is COc1cc(C(=O)NN=Cc2ccccc2C(=O)O)cc(OC)c1OC. The molecule has 0 spiro atoms. The van der Waals surface area contributed by atoms with Gasteiger partial charge in [0.1, 0.15) is 0 Å². The number of hydrogen-bond donors (Lipinski definition) is 2. The van der Waals surface area contributed by atoms with Gasteiger partial charge in [-0.3, -0.25) is 4.79 Å². The Morgan fingerprint density at radius 2 is 1.65 bits per heavy atom. The van der Waals surface area contributed by atoms with Gasteiger partial charge in [0.05, 0.1) is 33.1 Å². The van der Waals surface area contributed by atoms with Crippen LogP contribution in [0.15, 0.2) is 41.5 Å². The average molecular weight is 358 g/mol. The third kappa shape index (κ3) is 4.10. The second-order valence-electron chi connectivity index (χ2n) is 5.01. The number of methoxy groups -OCH3 is 3. The number of amides is 1. The molecule has 0 aliphatic carbocycles. The van der Waals surface area contributed by atoms with Crippen molar-refractivity contribution in [3.05, 3.63) is 53.1 Å². The first-order valence-electron chi connectivity index (χ1n) is 7.47. The predicted octanol–water partition coefficient (Wildman–Crippen LogP) is 2.17. The van der Waals surface area contributed by atoms with E-state index in [1.165, 1.54) is 45.7 Å². The largest absolute Gasteiger partial charge is 0.493 e. The molecule has 0 saturated heterocycles. The molecule has 0 atom stereocenters. The monoisotopic (exact) mass is 358 g/mol. The zero-order valence-electron chi connectivity index (χ0n) is 14.5. The van der Waals surface area contributed by atoms with Crippen LogP contribution in [0.1, 0.15) is 26.3 Å². The van der Waals surface area contributed by atoms with Crippen LogP contribution in [0, 0.1) is 0 Å². The molecule has 2 aromatic carbocycles. The lowest BCUT2D eigenvalue weighted by Crippen LogP contribution is -2.18. The highest BCUT2D eigenvalue weighted by Gasteiger charge is 2.16. The number of nitrogens with one attached hydrogen (secondary N) is 1. The molecular formula is C18H18N2O6. The first kappa shape index (κ1) is 18.8. The maximum Gasteiger partial charge on any atom is 0.336 e. The predicted molar refractivity (Wildman–Crippen MR) is 94.6 cm³/mol. The first-order valence-corrected chi connectivity index (χ1v) is 7.47. The Labute approximate surface area is 150 Å². The van der Waals surface area contributed by atoms with Crippen LogP contribution < -0.4 is 19.6 Å². The second kappa shape index (κ2) is 8.52. The Morgan fingerprint density at radius 3 is 2.19 bits per heavy atom. The minimum absolute atomic E-state index is 0.0817. The quantitative estimate of drug-likeness (QED) is 0.580. The van der Waals surface area contributed by atoms with Crippen molar-refractivity contribution in [1.82, 2.24) is 5.43 Å². The minimum atomic E-state index is -1.08. The Kier molecular flexibility index (Phi) is 6.15. The van der Waals surface area contributed by atoms with Crippen molar-refractivity contribution in [3.8, 4) is 17.2 Å². The van der Waals surface area contributed by atoms with Crippen LogP contribution in [0.3, 0.4) is 0 Å². The minimum Gasteiger partial charge on any atom is -0.493 e. The van der Waals surface area contributed by atoms with Gasteiger partial charge < -0.3 is 19.3 Å². The van der Waals surface area contributed by atoms with Crippen LogP contribution in [0.25, 0.3) is 0 Å². The molecule has 2 N–H and O–H groups in total. The van der Waals surface area contributed by atoms with Gasteiger partial charge in [-0.1, -0.05) is 18.2 Å². The van der Waals surface area contributed by atoms with E-state index in [4.69, 9.17) is 19.3 Å². The smallest absolute Gasteiger partial charge is 0.336 e. The summed E-state index contributed by atoms with van der Waals surface area (Å²) < 4.78 is 15.6. The van der Waals surface area contributed by atoms with E-state index >= 15 is 0 Å². The van der Waals surface area contributed by atoms with Gasteiger partial charge in [-0.05, 0) is 18.2 Å². The van der Waals surface area contributed by atoms with E-state index in [0.717, 1.165) is 0 Å². The van der Waals surface area contributed by atoms with Crippen molar-refractivity contribution < 1.29 is 28.9 Å². The summed E-state index contributed by atoms with van der Waals surface area (Å²) in [5.74, 6) is -0.573. The second-order valence-corrected chi connectivity index (χ2v) is 5.01. The molecule has 26 heavy (non-hydrogen) atoms. The summed E-state index contributed by atoms with van der Waals surface area (Å²) in [5, 5.41) is 12.9. The van der Waals surface area contributed by atoms with Crippen molar-refractivity contribution >= 4 is 18.1 Å². The normalized spacial score (nSPS) is 10.4. The molecule has 0 unspecified atom stereocenters. The topological polar surface area (TPSA) is 106 Å². The Morgan fingerprint density at radius 1 is 1.04 bits per heavy atom. The van der Waals surface area contributed by atoms with Crippen molar-refractivity contribution in [2.24, 2.45) is 5.10 Å². The maximum atomic E-state index is 12.3. The van der Waals surface area contributed by atoms with Gasteiger partial charge in [-0.15, -0.1) is 0 Å². The first-order chi connectivity index (χ1) is 12.5. The van der Waals surface area contributed by atoms with Crippen molar-refractivity contribution in [3.63, 3.8) is 0 Å². The third-order valence-electron chi connectivity index (χ3n) is 3.49. The highest BCUT2D eigenvalue weighted by Crippen LogP contribution is 2.38. The molecule has 0 saturated carbocycles. The summed E-state index contributed by atoms with van der Waals surface area (Å²) in [6, 6.07) is 9.28. The van der Waals surface area contributed by atoms with Crippen molar-refractivity contribution in [2.45, 2.75) is 0 Å². The van der Waals surface area contributed by atoms with E-state index < -0.39 is 11.9 Å². The molecule has 0 aromatic heterocycles. The average Bonchev–Trinajstić information content (AvgIpc) is 2.66. The fourth-order valence-corrected chi connectivity index (χ4v) is 2.24. The Bertz CT molecular complexity index is 822. The Hall–Kier alpha value is -3.55. The summed E-state index contributed by atoms with van der Waals surface area (Å²) in [7, 11) is 4.35. The number of carboxylic acids is 1. The van der Waals surface area contributed by atoms with Gasteiger partial charge in [0, 0.05) is 11.1 Å². The van der Waals surface area contributed by atoms with Crippen molar-refractivity contribution in [1.29, 1.82) is 0 Å². The van der Waals surface area contributed by atoms with Gasteiger partial charge >= 0.3 is 5.97 Å². The Balaban J connectivity index is 2.22. The van der Waals surface area contributed by atoms with Gasteiger partial charge in [0.2, 0.25) is 5.75 Å². The number of hydrazone groups is 1. The highest BCUT2D eigenvalue weighted by molar-refractivity contribution is 5.99. The van der Waals surface area contributed by atoms with Crippen LogP contribution in [-0.2, 0) is 0 Å². The number of carbonyl (C=O) groups is 2. The number of aromatic carboxylic acids is 1. The van der Waals surface area contributed by atoms with Crippen LogP contribution in [0.4, 0.5) is 0 Å². The van der Waals surface area contributed by atoms with Crippen LogP contribution in [-0.4, -0.2) is 44.5 Å². The van der Waals surface area contributed by atoms with E-state index in [-0.39, 0.29) is 11.1 Å². The number of ether oxygens (including phenoxy) is 3. The highest BCUT2D eigenvalue weighted by atomic mass is 16.5. The maximum absolute atomic E-state index is 12.3. The third-order valence-corrected chi connectivity index (χ3v) is 3.49. The van der Waals surface area contributed by atoms with E-state index in [1.807, 2.05) is 0 Å². The standard InChI is InChI=1S/C18H18N2O6/c1-24-14-8-12(9-15(25-2)16(14)26-3)17(21)20-19-10-11-6-4-5-7-13(11)18(22)23/h4-10H,1-3H3,(H,20,21)(H,22,23). The fraction of sp³-hybridized carbons (Fsp3) is 0.167. The molecule has 2 rings (SSSR count). The lowest BCUT2D eigenvalue weighted by molar-refractivity contribution is 0.0696. The number of hydrogen-bond acceptors (Lipinski definition) is 6. The summed E-state index contributed by atoms with van der Waals surface area (Å²) >= 11 is 0. The summed E-state index contributed by atoms with van der Waals surface area (Å²) in [6.07, 6.45) is 1.26. The molecule has 2 aromatic rings. The van der Waals surface area contributed by atoms with Gasteiger partial charge in [-0.25, -0.2) is 10.2 Å². The molecule has 8 nitrogen and oxygen atoms in total. The van der Waals surface area contributed by atoms with E-state index in [2.05, 4.69) is 10.5 Å². The van der Waals surface area contributed by atoms with E-state index in [9.17, 15) is 9.59 Å². The number of carboxylic acid groups (broad SMARTS) is 1. The molecule has 0 bridgehead atoms. The lowest BCUT2D eigenvalue weighted by atomic mass is 10.1. The molecule has 1 amide bonds. The molecule has 0 heterocycles. The number of carbonyl (C=O) groups excluding carboxylic acids is 1. The molecule has 0 aliphatic rings. The van der Waals surface area contributed by atoms with Crippen LogP contribution >= 0.6 is 0 Å². The van der Waals surface area contributed by atoms with E-state index in [0.29, 0.717) is 22.8 Å². The van der Waals surface area contributed by atoms with Gasteiger partial charge in [0.15, 0.2) is 11.5 Å². The molecule has 0 fully saturated rings. The lowest BCUT2D eigenvalue weighted by Gasteiger charge is -2.13. The van der Waals surface area contributed by atoms with Gasteiger partial charge in [-0.2, -0.15) is 5.10 Å². The molecule has 0 aliphatic heterocycles. The molecular weight excluding hydrogens is 340 g/mol. The van der Waals surface area contributed by atoms with Crippen LogP contribution in [0.2, 0.25) is 0 Å². The molecule has 0 radical (unpaired) electrons. The molecule has 8 heteroatoms. The zero-order chi connectivity index (χ0) is 19.1. The fourth-order valence-electron chi connectivity index (χ4n) is 2.24. The van der Waals surface area contributed by atoms with Gasteiger partial charge in [0.25, 0.3) is 5.91 Å². The number of nitrogens with zero attached hydrogens (tertiary/aromatic N) is 1. The summed E-state index contributed by atoms with van der Waals surface area (Å²) in [6.45, 7) is 0.